The first kappa shape index (κ1) is 11.2. The maximum Gasteiger partial charge on any atom is 0.129 e. The molecule has 1 aromatic carbocycles. The van der Waals surface area contributed by atoms with E-state index in [4.69, 9.17) is 14.6 Å². The summed E-state index contributed by atoms with van der Waals surface area (Å²) in [5.74, 6) is 1.44. The van der Waals surface area contributed by atoms with Crippen molar-refractivity contribution < 1.29 is 19.7 Å². The second-order valence-corrected chi connectivity index (χ2v) is 3.81. The molecule has 2 rings (SSSR count). The molecule has 0 spiro atoms. The highest BCUT2D eigenvalue weighted by atomic mass is 16.5. The predicted octanol–water partition coefficient (Wildman–Crippen LogP) is 1.26. The average Bonchev–Trinajstić information content (AvgIpc) is 2.66. The Balaban J connectivity index is 1.92. The van der Waals surface area contributed by atoms with Crippen molar-refractivity contribution in [2.45, 2.75) is 18.9 Å². The van der Waals surface area contributed by atoms with Gasteiger partial charge in [-0.25, -0.2) is 0 Å². The highest BCUT2D eigenvalue weighted by molar-refractivity contribution is 5.44. The Morgan fingerprint density at radius 2 is 2.25 bits per heavy atom. The zero-order valence-electron chi connectivity index (χ0n) is 9.06. The molecule has 0 aromatic heterocycles. The van der Waals surface area contributed by atoms with E-state index in [1.54, 1.807) is 6.07 Å². The maximum atomic E-state index is 9.52. The van der Waals surface area contributed by atoms with Crippen molar-refractivity contribution in [3.8, 4) is 11.5 Å². The Morgan fingerprint density at radius 1 is 1.38 bits per heavy atom. The molecule has 0 aliphatic carbocycles. The van der Waals surface area contributed by atoms with Crippen molar-refractivity contribution in [3.05, 3.63) is 23.8 Å². The number of hydrogen-bond acceptors (Lipinski definition) is 4. The minimum atomic E-state index is -0.515. The van der Waals surface area contributed by atoms with Crippen molar-refractivity contribution >= 4 is 0 Å². The van der Waals surface area contributed by atoms with Gasteiger partial charge in [0.05, 0.1) is 6.61 Å². The molecule has 0 saturated carbocycles. The van der Waals surface area contributed by atoms with Crippen LogP contribution in [0.5, 0.6) is 11.5 Å². The van der Waals surface area contributed by atoms with Gasteiger partial charge in [-0.15, -0.1) is 0 Å². The summed E-state index contributed by atoms with van der Waals surface area (Å²) in [6.07, 6.45) is 1.07. The fourth-order valence-corrected chi connectivity index (χ4v) is 1.67. The van der Waals surface area contributed by atoms with Crippen molar-refractivity contribution in [1.82, 2.24) is 0 Å². The SMILES string of the molecule is OCCCCOc1ccc2c(c1)OCC2O. The van der Waals surface area contributed by atoms with Crippen LogP contribution >= 0.6 is 0 Å². The molecule has 1 heterocycles. The first-order valence-electron chi connectivity index (χ1n) is 5.49. The second kappa shape index (κ2) is 5.18. The normalized spacial score (nSPS) is 18.0. The van der Waals surface area contributed by atoms with E-state index in [-0.39, 0.29) is 6.61 Å². The van der Waals surface area contributed by atoms with E-state index in [0.29, 0.717) is 19.0 Å². The number of hydrogen-bond donors (Lipinski definition) is 2. The van der Waals surface area contributed by atoms with E-state index >= 15 is 0 Å². The van der Waals surface area contributed by atoms with Crippen LogP contribution in [-0.4, -0.2) is 30.0 Å². The molecular formula is C12H16O4. The lowest BCUT2D eigenvalue weighted by Crippen LogP contribution is -1.98. The third-order valence-corrected chi connectivity index (χ3v) is 2.56. The van der Waals surface area contributed by atoms with Crippen LogP contribution in [0, 0.1) is 0 Å². The molecule has 0 amide bonds. The standard InChI is InChI=1S/C12H16O4/c13-5-1-2-6-15-9-3-4-10-11(14)8-16-12(10)7-9/h3-4,7,11,13-14H,1-2,5-6,8H2. The van der Waals surface area contributed by atoms with E-state index in [2.05, 4.69) is 0 Å². The monoisotopic (exact) mass is 224 g/mol. The Bertz CT molecular complexity index is 351. The maximum absolute atomic E-state index is 9.52. The Kier molecular flexibility index (Phi) is 3.64. The lowest BCUT2D eigenvalue weighted by molar-refractivity contribution is 0.140. The Hall–Kier alpha value is -1.26. The zero-order valence-corrected chi connectivity index (χ0v) is 9.06. The van der Waals surface area contributed by atoms with Gasteiger partial charge in [0.15, 0.2) is 0 Å². The van der Waals surface area contributed by atoms with Gasteiger partial charge in [-0.2, -0.15) is 0 Å². The van der Waals surface area contributed by atoms with Gasteiger partial charge < -0.3 is 19.7 Å². The van der Waals surface area contributed by atoms with Gasteiger partial charge in [0, 0.05) is 18.2 Å². The van der Waals surface area contributed by atoms with Gasteiger partial charge in [0.25, 0.3) is 0 Å². The van der Waals surface area contributed by atoms with Crippen LogP contribution in [-0.2, 0) is 0 Å². The molecule has 16 heavy (non-hydrogen) atoms. The number of aliphatic hydroxyl groups is 2. The third kappa shape index (κ3) is 2.46. The molecule has 2 N–H and O–H groups in total. The summed E-state index contributed by atoms with van der Waals surface area (Å²) in [7, 11) is 0. The van der Waals surface area contributed by atoms with Gasteiger partial charge in [0.1, 0.15) is 24.2 Å². The average molecular weight is 224 g/mol. The van der Waals surface area contributed by atoms with Crippen molar-refractivity contribution in [2.24, 2.45) is 0 Å². The van der Waals surface area contributed by atoms with E-state index in [0.717, 1.165) is 24.2 Å². The molecule has 0 fully saturated rings. The molecular weight excluding hydrogens is 208 g/mol. The van der Waals surface area contributed by atoms with Gasteiger partial charge in [-0.3, -0.25) is 0 Å². The molecule has 1 aliphatic rings. The molecule has 1 aromatic rings. The van der Waals surface area contributed by atoms with Crippen LogP contribution in [0.25, 0.3) is 0 Å². The van der Waals surface area contributed by atoms with Crippen molar-refractivity contribution in [1.29, 1.82) is 0 Å². The van der Waals surface area contributed by atoms with Crippen molar-refractivity contribution in [2.75, 3.05) is 19.8 Å². The van der Waals surface area contributed by atoms with Crippen LogP contribution in [0.15, 0.2) is 18.2 Å². The summed E-state index contributed by atoms with van der Waals surface area (Å²) in [5, 5.41) is 18.1. The minimum absolute atomic E-state index is 0.197. The number of rotatable bonds is 5. The number of benzene rings is 1. The number of aliphatic hydroxyl groups excluding tert-OH is 2. The largest absolute Gasteiger partial charge is 0.493 e. The van der Waals surface area contributed by atoms with Gasteiger partial charge >= 0.3 is 0 Å². The van der Waals surface area contributed by atoms with Crippen LogP contribution < -0.4 is 9.47 Å². The van der Waals surface area contributed by atoms with Crippen LogP contribution in [0.2, 0.25) is 0 Å². The van der Waals surface area contributed by atoms with Crippen LogP contribution in [0.4, 0.5) is 0 Å². The third-order valence-electron chi connectivity index (χ3n) is 2.56. The van der Waals surface area contributed by atoms with E-state index in [1.165, 1.54) is 0 Å². The lowest BCUT2D eigenvalue weighted by atomic mass is 10.1. The summed E-state index contributed by atoms with van der Waals surface area (Å²) in [4.78, 5) is 0. The summed E-state index contributed by atoms with van der Waals surface area (Å²) in [6, 6.07) is 5.45. The number of ether oxygens (including phenoxy) is 2. The van der Waals surface area contributed by atoms with E-state index in [1.807, 2.05) is 12.1 Å². The highest BCUT2D eigenvalue weighted by Gasteiger charge is 2.21. The molecule has 4 heteroatoms. The second-order valence-electron chi connectivity index (χ2n) is 3.81. The first-order valence-corrected chi connectivity index (χ1v) is 5.49. The molecule has 0 radical (unpaired) electrons. The molecule has 0 saturated heterocycles. The van der Waals surface area contributed by atoms with Gasteiger partial charge in [0.2, 0.25) is 0 Å². The molecule has 4 nitrogen and oxygen atoms in total. The fraction of sp³-hybridized carbons (Fsp3) is 0.500. The van der Waals surface area contributed by atoms with E-state index in [9.17, 15) is 5.11 Å². The molecule has 1 unspecified atom stereocenters. The topological polar surface area (TPSA) is 58.9 Å². The molecule has 0 bridgehead atoms. The number of fused-ring (bicyclic) bond motifs is 1. The summed E-state index contributed by atoms with van der Waals surface area (Å²) in [6.45, 7) is 1.11. The first-order chi connectivity index (χ1) is 7.81. The van der Waals surface area contributed by atoms with Gasteiger partial charge in [-0.1, -0.05) is 0 Å². The van der Waals surface area contributed by atoms with Gasteiger partial charge in [-0.05, 0) is 25.0 Å². The summed E-state index contributed by atoms with van der Waals surface area (Å²) in [5.41, 5.74) is 0.822. The fourth-order valence-electron chi connectivity index (χ4n) is 1.67. The van der Waals surface area contributed by atoms with Crippen LogP contribution in [0.1, 0.15) is 24.5 Å². The Morgan fingerprint density at radius 3 is 3.06 bits per heavy atom. The lowest BCUT2D eigenvalue weighted by Gasteiger charge is -2.07. The number of unbranched alkanes of at least 4 members (excludes halogenated alkanes) is 1. The smallest absolute Gasteiger partial charge is 0.129 e. The minimum Gasteiger partial charge on any atom is -0.493 e. The highest BCUT2D eigenvalue weighted by Crippen LogP contribution is 2.34. The van der Waals surface area contributed by atoms with E-state index < -0.39 is 6.10 Å². The summed E-state index contributed by atoms with van der Waals surface area (Å²) >= 11 is 0. The van der Waals surface area contributed by atoms with Crippen LogP contribution in [0.3, 0.4) is 0 Å². The van der Waals surface area contributed by atoms with Crippen molar-refractivity contribution in [3.63, 3.8) is 0 Å². The Labute approximate surface area is 94.4 Å². The molecule has 88 valence electrons. The molecule has 1 aliphatic heterocycles. The quantitative estimate of drug-likeness (QED) is 0.739. The predicted molar refractivity (Wildman–Crippen MR) is 58.7 cm³/mol. The zero-order chi connectivity index (χ0) is 11.4. The molecule has 1 atom stereocenters. The summed E-state index contributed by atoms with van der Waals surface area (Å²) < 4.78 is 10.8.